The number of nitrogens with zero attached hydrogens (tertiary/aromatic N) is 1. The first-order chi connectivity index (χ1) is 4.22. The predicted octanol–water partition coefficient (Wildman–Crippen LogP) is 1.45. The van der Waals surface area contributed by atoms with E-state index in [1.165, 1.54) is 16.8 Å². The molecule has 48 valence electrons. The van der Waals surface area contributed by atoms with Crippen LogP contribution in [-0.4, -0.2) is 16.1 Å². The summed E-state index contributed by atoms with van der Waals surface area (Å²) in [6.07, 6.45) is 0. The Morgan fingerprint density at radius 3 is 2.78 bits per heavy atom. The van der Waals surface area contributed by atoms with Gasteiger partial charge in [0.05, 0.1) is 8.39 Å². The molecule has 0 aliphatic heterocycles. The molecule has 0 bridgehead atoms. The number of carboxylic acid groups (broad SMARTS) is 1. The van der Waals surface area contributed by atoms with E-state index in [1.54, 1.807) is 0 Å². The molecule has 3 nitrogen and oxygen atoms in total. The van der Waals surface area contributed by atoms with Crippen LogP contribution in [0.2, 0.25) is 0 Å². The minimum Gasteiger partial charge on any atom is -0.476 e. The van der Waals surface area contributed by atoms with Crippen molar-refractivity contribution in [3.63, 3.8) is 0 Å². The first-order valence-corrected chi connectivity index (χ1v) is 4.00. The fraction of sp³-hybridized carbons (Fsp3) is 0. The lowest BCUT2D eigenvalue weighted by Gasteiger charge is -1.82. The Bertz CT molecular complexity index is 234. The van der Waals surface area contributed by atoms with Gasteiger partial charge >= 0.3 is 5.97 Å². The molecule has 0 saturated heterocycles. The maximum atomic E-state index is 10.2. The van der Waals surface area contributed by atoms with Crippen LogP contribution in [0.4, 0.5) is 0 Å². The van der Waals surface area contributed by atoms with Crippen LogP contribution >= 0.6 is 33.9 Å². The van der Waals surface area contributed by atoms with Gasteiger partial charge < -0.3 is 5.11 Å². The summed E-state index contributed by atoms with van der Waals surface area (Å²) in [5.41, 5.74) is 1.67. The molecule has 0 saturated carbocycles. The van der Waals surface area contributed by atoms with Crippen molar-refractivity contribution in [2.24, 2.45) is 0 Å². The Labute approximate surface area is 68.9 Å². The van der Waals surface area contributed by atoms with E-state index in [1.807, 2.05) is 22.6 Å². The number of aromatic carboxylic acids is 1. The molecular formula is C4H2INO2S. The van der Waals surface area contributed by atoms with Gasteiger partial charge in [0.2, 0.25) is 0 Å². The van der Waals surface area contributed by atoms with Gasteiger partial charge in [-0.1, -0.05) is 0 Å². The second kappa shape index (κ2) is 2.61. The van der Waals surface area contributed by atoms with Gasteiger partial charge in [0.25, 0.3) is 0 Å². The molecule has 0 atom stereocenters. The molecule has 1 N–H and O–H groups in total. The molecule has 1 heterocycles. The van der Waals surface area contributed by atoms with Crippen molar-refractivity contribution >= 4 is 39.9 Å². The fourth-order valence-corrected chi connectivity index (χ4v) is 1.58. The highest BCUT2D eigenvalue weighted by atomic mass is 127. The second-order valence-electron chi connectivity index (χ2n) is 1.28. The summed E-state index contributed by atoms with van der Waals surface area (Å²) in [5, 5.41) is 8.39. The molecule has 0 aliphatic rings. The summed E-state index contributed by atoms with van der Waals surface area (Å²) in [5.74, 6) is -0.958. The van der Waals surface area contributed by atoms with E-state index in [0.717, 1.165) is 2.88 Å². The van der Waals surface area contributed by atoms with Gasteiger partial charge in [0.15, 0.2) is 5.69 Å². The van der Waals surface area contributed by atoms with Gasteiger partial charge in [0, 0.05) is 0 Å². The highest BCUT2D eigenvalue weighted by Crippen LogP contribution is 2.14. The van der Waals surface area contributed by atoms with E-state index in [-0.39, 0.29) is 5.69 Å². The molecule has 1 aromatic heterocycles. The van der Waals surface area contributed by atoms with E-state index < -0.39 is 5.97 Å². The summed E-state index contributed by atoms with van der Waals surface area (Å²) in [6.45, 7) is 0. The van der Waals surface area contributed by atoms with Crippen LogP contribution < -0.4 is 0 Å². The minimum absolute atomic E-state index is 0.153. The molecule has 0 aromatic carbocycles. The average Bonchev–Trinajstić information content (AvgIpc) is 2.13. The Morgan fingerprint density at radius 2 is 2.56 bits per heavy atom. The van der Waals surface area contributed by atoms with E-state index in [2.05, 4.69) is 4.98 Å². The van der Waals surface area contributed by atoms with Crippen molar-refractivity contribution in [3.05, 3.63) is 14.1 Å². The number of aromatic nitrogens is 1. The topological polar surface area (TPSA) is 50.2 Å². The lowest BCUT2D eigenvalue weighted by atomic mass is 10.5. The van der Waals surface area contributed by atoms with Crippen molar-refractivity contribution in [2.45, 2.75) is 0 Å². The van der Waals surface area contributed by atoms with Crippen molar-refractivity contribution in [1.82, 2.24) is 4.98 Å². The molecule has 5 heteroatoms. The Morgan fingerprint density at radius 1 is 1.89 bits per heavy atom. The van der Waals surface area contributed by atoms with E-state index in [9.17, 15) is 4.79 Å². The monoisotopic (exact) mass is 255 g/mol. The van der Waals surface area contributed by atoms with Gasteiger partial charge in [0.1, 0.15) is 0 Å². The van der Waals surface area contributed by atoms with Crippen LogP contribution in [0.3, 0.4) is 0 Å². The number of halogens is 1. The summed E-state index contributed by atoms with van der Waals surface area (Å²) < 4.78 is 0.722. The molecule has 0 radical (unpaired) electrons. The van der Waals surface area contributed by atoms with Crippen molar-refractivity contribution < 1.29 is 9.90 Å². The average molecular weight is 255 g/mol. The number of thiazole rings is 1. The fourth-order valence-electron chi connectivity index (χ4n) is 0.371. The number of rotatable bonds is 1. The van der Waals surface area contributed by atoms with Crippen LogP contribution in [0.1, 0.15) is 10.5 Å². The third-order valence-electron chi connectivity index (χ3n) is 0.727. The summed E-state index contributed by atoms with van der Waals surface area (Å²) in [6, 6.07) is 0. The third-order valence-corrected chi connectivity index (χ3v) is 2.61. The normalized spacial score (nSPS) is 9.44. The summed E-state index contributed by atoms with van der Waals surface area (Å²) in [7, 11) is 0. The first kappa shape index (κ1) is 6.94. The summed E-state index contributed by atoms with van der Waals surface area (Å²) >= 11 is 3.27. The zero-order chi connectivity index (χ0) is 6.85. The maximum absolute atomic E-state index is 10.2. The predicted molar refractivity (Wildman–Crippen MR) is 41.8 cm³/mol. The van der Waals surface area contributed by atoms with Gasteiger partial charge in [-0.3, -0.25) is 0 Å². The molecule has 0 aliphatic carbocycles. The van der Waals surface area contributed by atoms with Crippen molar-refractivity contribution in [3.8, 4) is 0 Å². The molecule has 9 heavy (non-hydrogen) atoms. The van der Waals surface area contributed by atoms with Crippen molar-refractivity contribution in [1.29, 1.82) is 0 Å². The number of carbonyl (C=O) groups is 1. The number of hydrogen-bond acceptors (Lipinski definition) is 3. The van der Waals surface area contributed by atoms with Crippen LogP contribution in [0, 0.1) is 2.88 Å². The lowest BCUT2D eigenvalue weighted by Crippen LogP contribution is -1.97. The number of carboxylic acids is 1. The first-order valence-electron chi connectivity index (χ1n) is 2.04. The zero-order valence-corrected chi connectivity index (χ0v) is 7.14. The van der Waals surface area contributed by atoms with E-state index >= 15 is 0 Å². The highest BCUT2D eigenvalue weighted by Gasteiger charge is 2.09. The smallest absolute Gasteiger partial charge is 0.356 e. The molecule has 1 rings (SSSR count). The van der Waals surface area contributed by atoms with Gasteiger partial charge in [-0.2, -0.15) is 0 Å². The zero-order valence-electron chi connectivity index (χ0n) is 4.17. The molecule has 0 fully saturated rings. The molecular weight excluding hydrogens is 253 g/mol. The van der Waals surface area contributed by atoms with Gasteiger partial charge in [-0.25, -0.2) is 9.78 Å². The van der Waals surface area contributed by atoms with E-state index in [0.29, 0.717) is 0 Å². The standard InChI is InChI=1S/C4H2INO2S/c5-3-2(4(7)8)6-1-9-3/h1H,(H,7,8). The Balaban J connectivity index is 3.08. The second-order valence-corrected chi connectivity index (χ2v) is 3.95. The van der Waals surface area contributed by atoms with Crippen LogP contribution in [0.5, 0.6) is 0 Å². The quantitative estimate of drug-likeness (QED) is 0.772. The largest absolute Gasteiger partial charge is 0.476 e. The SMILES string of the molecule is O=C(O)c1ncsc1I. The van der Waals surface area contributed by atoms with Crippen LogP contribution in [0.25, 0.3) is 0 Å². The molecule has 0 amide bonds. The minimum atomic E-state index is -0.958. The Kier molecular flexibility index (Phi) is 2.01. The van der Waals surface area contributed by atoms with Gasteiger partial charge in [-0.05, 0) is 22.6 Å². The number of hydrogen-bond donors (Lipinski definition) is 1. The summed E-state index contributed by atoms with van der Waals surface area (Å²) in [4.78, 5) is 13.8. The molecule has 0 unspecified atom stereocenters. The highest BCUT2D eigenvalue weighted by molar-refractivity contribution is 14.1. The third kappa shape index (κ3) is 1.39. The Hall–Kier alpha value is -0.170. The van der Waals surface area contributed by atoms with Crippen molar-refractivity contribution in [2.75, 3.05) is 0 Å². The molecule has 0 spiro atoms. The van der Waals surface area contributed by atoms with Gasteiger partial charge in [-0.15, -0.1) is 11.3 Å². The van der Waals surface area contributed by atoms with Crippen LogP contribution in [0.15, 0.2) is 5.51 Å². The van der Waals surface area contributed by atoms with E-state index in [4.69, 9.17) is 5.11 Å². The maximum Gasteiger partial charge on any atom is 0.356 e. The van der Waals surface area contributed by atoms with Crippen LogP contribution in [-0.2, 0) is 0 Å². The lowest BCUT2D eigenvalue weighted by molar-refractivity contribution is 0.0690. The molecule has 1 aromatic rings.